The van der Waals surface area contributed by atoms with Gasteiger partial charge in [0.05, 0.1) is 0 Å². The summed E-state index contributed by atoms with van der Waals surface area (Å²) >= 11 is 0.213. The molecule has 148 valence electrons. The second kappa shape index (κ2) is 13.0. The van der Waals surface area contributed by atoms with E-state index < -0.39 is 0 Å². The minimum absolute atomic E-state index is 0.0575. The van der Waals surface area contributed by atoms with E-state index in [-0.39, 0.29) is 39.2 Å². The number of alkyl halides is 1. The molecule has 25 heavy (non-hydrogen) atoms. The fourth-order valence-corrected chi connectivity index (χ4v) is 5.02. The van der Waals surface area contributed by atoms with Gasteiger partial charge in [-0.25, -0.2) is 0 Å². The number of carbonyl (C=O) groups excluding carboxylic acids is 2. The fourth-order valence-electron chi connectivity index (χ4n) is 2.94. The maximum absolute atomic E-state index is 12.0. The average Bonchev–Trinajstić information content (AvgIpc) is 2.55. The van der Waals surface area contributed by atoms with Crippen LogP contribution in [0.1, 0.15) is 47.0 Å². The van der Waals surface area contributed by atoms with Crippen LogP contribution in [0, 0.1) is 0 Å². The number of amides is 1. The van der Waals surface area contributed by atoms with Crippen molar-refractivity contribution in [3.05, 3.63) is 0 Å². The van der Waals surface area contributed by atoms with Crippen LogP contribution in [0.25, 0.3) is 0 Å². The van der Waals surface area contributed by atoms with Crippen molar-refractivity contribution in [2.75, 3.05) is 43.7 Å². The summed E-state index contributed by atoms with van der Waals surface area (Å²) in [6.07, 6.45) is 2.71. The first kappa shape index (κ1) is 22.8. The van der Waals surface area contributed by atoms with Gasteiger partial charge in [0.25, 0.3) is 0 Å². The van der Waals surface area contributed by atoms with Gasteiger partial charge in [0, 0.05) is 6.04 Å². The van der Waals surface area contributed by atoms with Crippen molar-refractivity contribution in [1.29, 1.82) is 0 Å². The molecule has 6 nitrogen and oxygen atoms in total. The van der Waals surface area contributed by atoms with E-state index in [4.69, 9.17) is 0 Å². The third-order valence-electron chi connectivity index (χ3n) is 4.24. The molecule has 7 heteroatoms. The van der Waals surface area contributed by atoms with Crippen LogP contribution in [0.5, 0.6) is 0 Å². The summed E-state index contributed by atoms with van der Waals surface area (Å²) in [6.45, 7) is 13.5. The fraction of sp³-hybridized carbons (Fsp3) is 0.889. The van der Waals surface area contributed by atoms with Crippen LogP contribution in [0.4, 0.5) is 0 Å². The zero-order valence-corrected chi connectivity index (χ0v) is 18.5. The van der Waals surface area contributed by atoms with Gasteiger partial charge in [-0.05, 0) is 6.92 Å². The first-order valence-corrected chi connectivity index (χ1v) is 12.0. The summed E-state index contributed by atoms with van der Waals surface area (Å²) in [4.78, 5) is 25.9. The number of Topliss-reactive ketones (excluding diaryl/α,β-unsaturated/α-hetero) is 1. The quantitative estimate of drug-likeness (QED) is 0.149. The number of carbonyl (C=O) groups is 2. The van der Waals surface area contributed by atoms with Crippen LogP contribution in [-0.4, -0.2) is 75.5 Å². The third-order valence-corrected chi connectivity index (χ3v) is 6.85. The van der Waals surface area contributed by atoms with Gasteiger partial charge in [0.15, 0.2) is 0 Å². The zero-order valence-electron chi connectivity index (χ0n) is 16.3. The molecule has 0 aliphatic carbocycles. The zero-order chi connectivity index (χ0) is 18.7. The predicted molar refractivity (Wildman–Crippen MR) is 98.2 cm³/mol. The van der Waals surface area contributed by atoms with Crippen molar-refractivity contribution in [2.24, 2.45) is 0 Å². The Bertz CT molecular complexity index is 399. The van der Waals surface area contributed by atoms with Crippen molar-refractivity contribution >= 4 is 11.7 Å². The number of piperazine rings is 1. The van der Waals surface area contributed by atoms with Crippen LogP contribution in [0.3, 0.4) is 0 Å². The number of nitrogens with one attached hydrogen (secondary N) is 2. The Labute approximate surface area is 164 Å². The van der Waals surface area contributed by atoms with E-state index in [0.29, 0.717) is 19.1 Å². The molecule has 1 atom stereocenters. The van der Waals surface area contributed by atoms with E-state index in [2.05, 4.69) is 39.4 Å². The number of nitrogens with zero attached hydrogens (tertiary/aromatic N) is 2. The van der Waals surface area contributed by atoms with Crippen molar-refractivity contribution in [3.8, 4) is 0 Å². The molecule has 0 aromatic carbocycles. The number of rotatable bonds is 12. The molecule has 1 fully saturated rings. The molecule has 1 amide bonds. The van der Waals surface area contributed by atoms with Crippen molar-refractivity contribution < 1.29 is 31.1 Å². The topological polar surface area (TPSA) is 64.7 Å². The first-order chi connectivity index (χ1) is 11.9. The Kier molecular flexibility index (Phi) is 11.9. The number of hydrogen-bond donors (Lipinski definition) is 2. The molecule has 0 spiro atoms. The maximum atomic E-state index is 12.0. The van der Waals surface area contributed by atoms with E-state index in [1.165, 1.54) is 4.43 Å². The van der Waals surface area contributed by atoms with Crippen LogP contribution in [-0.2, 0) is 9.59 Å². The van der Waals surface area contributed by atoms with Crippen molar-refractivity contribution in [3.63, 3.8) is 0 Å². The van der Waals surface area contributed by atoms with E-state index >= 15 is 0 Å². The molecule has 1 aliphatic rings. The van der Waals surface area contributed by atoms with Crippen LogP contribution in [0.2, 0.25) is 0 Å². The molecule has 0 unspecified atom stereocenters. The molecule has 2 N–H and O–H groups in total. The number of halogens is 1. The summed E-state index contributed by atoms with van der Waals surface area (Å²) in [6, 6.07) is 0.256. The van der Waals surface area contributed by atoms with Crippen LogP contribution >= 0.6 is 0 Å². The van der Waals surface area contributed by atoms with Gasteiger partial charge in [-0.2, -0.15) is 0 Å². The van der Waals surface area contributed by atoms with E-state index in [1.807, 2.05) is 0 Å². The normalized spacial score (nSPS) is 17.8. The number of unbranched alkanes of at least 4 members (excludes halogenated alkanes) is 1. The SMILES string of the molecule is CC[I-]N1CCN(CC(=O)NCCCC[C@H](NC(C)C)C(C)=O)CC1. The van der Waals surface area contributed by atoms with Gasteiger partial charge in [-0.15, -0.1) is 0 Å². The van der Waals surface area contributed by atoms with Crippen molar-refractivity contribution in [2.45, 2.75) is 59.0 Å². The Morgan fingerprint density at radius 2 is 1.80 bits per heavy atom. The van der Waals surface area contributed by atoms with Gasteiger partial charge in [0.2, 0.25) is 0 Å². The predicted octanol–water partition coefficient (Wildman–Crippen LogP) is -2.13. The Morgan fingerprint density at radius 3 is 2.36 bits per heavy atom. The van der Waals surface area contributed by atoms with Crippen LogP contribution < -0.4 is 32.1 Å². The standard InChI is InChI=1S/C18H36IN4O2/c1-5-19-23-12-10-22(11-13-23)14-18(25)20-9-7-6-8-17(16(4)24)21-15(2)3/h15,17,21H,5-14H2,1-4H3,(H,20,25)/q-1/t17-/m0/s1. The minimum atomic E-state index is -0.0575. The molecular weight excluding hydrogens is 431 g/mol. The van der Waals surface area contributed by atoms with Gasteiger partial charge < -0.3 is 5.32 Å². The second-order valence-electron chi connectivity index (χ2n) is 6.90. The summed E-state index contributed by atoms with van der Waals surface area (Å²) in [5.74, 6) is 0.324. The van der Waals surface area contributed by atoms with Crippen LogP contribution in [0.15, 0.2) is 0 Å². The molecule has 1 saturated heterocycles. The summed E-state index contributed by atoms with van der Waals surface area (Å²) in [5.41, 5.74) is 0. The summed E-state index contributed by atoms with van der Waals surface area (Å²) in [5, 5.41) is 6.32. The molecule has 0 aromatic rings. The molecule has 0 radical (unpaired) electrons. The summed E-state index contributed by atoms with van der Waals surface area (Å²) in [7, 11) is 0. The van der Waals surface area contributed by atoms with E-state index in [9.17, 15) is 9.59 Å². The van der Waals surface area contributed by atoms with Gasteiger partial charge in [0.1, 0.15) is 5.78 Å². The first-order valence-electron chi connectivity index (χ1n) is 9.52. The van der Waals surface area contributed by atoms with Gasteiger partial charge in [-0.3, -0.25) is 4.79 Å². The van der Waals surface area contributed by atoms with E-state index in [0.717, 1.165) is 45.4 Å². The molecule has 0 bridgehead atoms. The Hall–Kier alpha value is -0.250. The Balaban J connectivity index is 2.10. The summed E-state index contributed by atoms with van der Waals surface area (Å²) < 4.78 is 3.88. The molecule has 1 rings (SSSR count). The average molecular weight is 467 g/mol. The Morgan fingerprint density at radius 1 is 1.12 bits per heavy atom. The second-order valence-corrected chi connectivity index (χ2v) is 10.5. The molecule has 1 heterocycles. The number of hydrogen-bond acceptors (Lipinski definition) is 5. The molecule has 0 aromatic heterocycles. The number of ketones is 1. The van der Waals surface area contributed by atoms with Crippen molar-refractivity contribution in [1.82, 2.24) is 18.6 Å². The molecule has 0 saturated carbocycles. The van der Waals surface area contributed by atoms with Gasteiger partial charge >= 0.3 is 121 Å². The third kappa shape index (κ3) is 10.5. The molecular formula is C18H36IN4O2-. The molecule has 1 aliphatic heterocycles. The van der Waals surface area contributed by atoms with Gasteiger partial charge in [-0.1, -0.05) is 13.8 Å². The van der Waals surface area contributed by atoms with E-state index in [1.54, 1.807) is 6.92 Å². The monoisotopic (exact) mass is 467 g/mol.